The van der Waals surface area contributed by atoms with Crippen molar-refractivity contribution in [1.29, 1.82) is 0 Å². The Morgan fingerprint density at radius 2 is 1.84 bits per heavy atom. The van der Waals surface area contributed by atoms with Crippen molar-refractivity contribution in [3.8, 4) is 0 Å². The highest BCUT2D eigenvalue weighted by atomic mass is 19.4. The summed E-state index contributed by atoms with van der Waals surface area (Å²) in [5, 5.41) is 0. The van der Waals surface area contributed by atoms with Crippen LogP contribution in [0.1, 0.15) is 12.8 Å². The zero-order valence-corrected chi connectivity index (χ0v) is 10.5. The number of pyridine rings is 1. The van der Waals surface area contributed by atoms with Gasteiger partial charge in [0.25, 0.3) is 0 Å². The lowest BCUT2D eigenvalue weighted by Crippen LogP contribution is -2.56. The van der Waals surface area contributed by atoms with Crippen molar-refractivity contribution in [3.05, 3.63) is 24.4 Å². The first-order valence-corrected chi connectivity index (χ1v) is 6.51. The Labute approximate surface area is 110 Å². The molecule has 0 aliphatic carbocycles. The van der Waals surface area contributed by atoms with E-state index < -0.39 is 12.7 Å². The van der Waals surface area contributed by atoms with Crippen LogP contribution in [0.25, 0.3) is 0 Å². The summed E-state index contributed by atoms with van der Waals surface area (Å²) in [4.78, 5) is 8.01. The number of nitrogens with zero attached hydrogens (tertiary/aromatic N) is 3. The third kappa shape index (κ3) is 2.68. The van der Waals surface area contributed by atoms with Crippen molar-refractivity contribution in [1.82, 2.24) is 9.88 Å². The second-order valence-corrected chi connectivity index (χ2v) is 5.27. The van der Waals surface area contributed by atoms with E-state index in [4.69, 9.17) is 0 Å². The van der Waals surface area contributed by atoms with Crippen molar-refractivity contribution in [2.75, 3.05) is 24.5 Å². The smallest absolute Gasteiger partial charge is 0.353 e. The number of hydrogen-bond donors (Lipinski definition) is 0. The van der Waals surface area contributed by atoms with Gasteiger partial charge in [-0.05, 0) is 25.0 Å². The van der Waals surface area contributed by atoms with Gasteiger partial charge in [0, 0.05) is 31.4 Å². The van der Waals surface area contributed by atoms with Crippen LogP contribution in [0.3, 0.4) is 0 Å². The summed E-state index contributed by atoms with van der Waals surface area (Å²) in [5.74, 6) is 0.867. The average Bonchev–Trinajstić information content (AvgIpc) is 2.61. The van der Waals surface area contributed by atoms with Crippen LogP contribution in [-0.2, 0) is 0 Å². The van der Waals surface area contributed by atoms with Gasteiger partial charge in [-0.3, -0.25) is 4.90 Å². The maximum Gasteiger partial charge on any atom is 0.401 e. The number of fused-ring (bicyclic) bond motifs is 2. The third-order valence-electron chi connectivity index (χ3n) is 3.97. The van der Waals surface area contributed by atoms with Crippen LogP contribution < -0.4 is 4.90 Å². The molecule has 0 radical (unpaired) electrons. The second-order valence-electron chi connectivity index (χ2n) is 5.27. The highest BCUT2D eigenvalue weighted by molar-refractivity contribution is 5.39. The van der Waals surface area contributed by atoms with Gasteiger partial charge in [-0.1, -0.05) is 6.07 Å². The maximum absolute atomic E-state index is 12.6. The normalized spacial score (nSPS) is 27.8. The molecule has 3 rings (SSSR count). The Hall–Kier alpha value is -1.30. The molecule has 3 nitrogen and oxygen atoms in total. The number of aromatic nitrogens is 1. The second kappa shape index (κ2) is 4.67. The van der Waals surface area contributed by atoms with E-state index in [-0.39, 0.29) is 12.1 Å². The Morgan fingerprint density at radius 1 is 1.16 bits per heavy atom. The molecule has 19 heavy (non-hydrogen) atoms. The van der Waals surface area contributed by atoms with Gasteiger partial charge < -0.3 is 4.90 Å². The molecule has 0 N–H and O–H groups in total. The molecule has 0 saturated carbocycles. The Kier molecular flexibility index (Phi) is 3.12. The van der Waals surface area contributed by atoms with Crippen molar-refractivity contribution in [2.24, 2.45) is 0 Å². The average molecular weight is 271 g/mol. The van der Waals surface area contributed by atoms with Crippen LogP contribution in [0.4, 0.5) is 19.0 Å². The monoisotopic (exact) mass is 271 g/mol. The van der Waals surface area contributed by atoms with Gasteiger partial charge in [-0.2, -0.15) is 13.2 Å². The minimum atomic E-state index is -4.10. The van der Waals surface area contributed by atoms with Gasteiger partial charge in [0.1, 0.15) is 5.82 Å². The van der Waals surface area contributed by atoms with Crippen LogP contribution in [0.15, 0.2) is 24.4 Å². The number of alkyl halides is 3. The van der Waals surface area contributed by atoms with E-state index in [0.29, 0.717) is 13.1 Å². The predicted octanol–water partition coefficient (Wildman–Crippen LogP) is 2.30. The molecule has 3 heterocycles. The number of anilines is 1. The van der Waals surface area contributed by atoms with E-state index in [1.165, 1.54) is 0 Å². The largest absolute Gasteiger partial charge is 0.401 e. The molecule has 104 valence electrons. The minimum absolute atomic E-state index is 0.00220. The molecule has 2 atom stereocenters. The molecule has 0 amide bonds. The lowest BCUT2D eigenvalue weighted by atomic mass is 10.2. The number of hydrogen-bond acceptors (Lipinski definition) is 3. The Balaban J connectivity index is 1.72. The molecule has 0 spiro atoms. The fourth-order valence-corrected chi connectivity index (χ4v) is 3.18. The highest BCUT2D eigenvalue weighted by Crippen LogP contribution is 2.34. The Bertz CT molecular complexity index is 421. The first-order valence-electron chi connectivity index (χ1n) is 6.51. The van der Waals surface area contributed by atoms with Gasteiger partial charge >= 0.3 is 6.18 Å². The fraction of sp³-hybridized carbons (Fsp3) is 0.615. The molecule has 6 heteroatoms. The van der Waals surface area contributed by atoms with E-state index in [1.807, 2.05) is 18.2 Å². The summed E-state index contributed by atoms with van der Waals surface area (Å²) < 4.78 is 37.7. The first-order chi connectivity index (χ1) is 9.03. The molecule has 2 aliphatic rings. The quantitative estimate of drug-likeness (QED) is 0.822. The minimum Gasteiger partial charge on any atom is -0.353 e. The van der Waals surface area contributed by atoms with Crippen molar-refractivity contribution in [2.45, 2.75) is 31.1 Å². The van der Waals surface area contributed by atoms with Crippen LogP contribution in [0, 0.1) is 0 Å². The molecule has 1 aromatic rings. The van der Waals surface area contributed by atoms with E-state index in [0.717, 1.165) is 18.7 Å². The van der Waals surface area contributed by atoms with Gasteiger partial charge in [0.05, 0.1) is 6.54 Å². The summed E-state index contributed by atoms with van der Waals surface area (Å²) in [7, 11) is 0. The summed E-state index contributed by atoms with van der Waals surface area (Å²) in [6.45, 7) is 0.506. The van der Waals surface area contributed by atoms with Gasteiger partial charge in [0.2, 0.25) is 0 Å². The highest BCUT2D eigenvalue weighted by Gasteiger charge is 2.45. The Morgan fingerprint density at radius 3 is 2.37 bits per heavy atom. The number of piperazine rings is 1. The molecular weight excluding hydrogens is 255 g/mol. The van der Waals surface area contributed by atoms with Crippen molar-refractivity contribution >= 4 is 5.82 Å². The SMILES string of the molecule is FC(F)(F)CN1C2CCC1CN(c1ccccn1)C2. The third-order valence-corrected chi connectivity index (χ3v) is 3.97. The molecular formula is C13H16F3N3. The van der Waals surface area contributed by atoms with E-state index >= 15 is 0 Å². The van der Waals surface area contributed by atoms with Gasteiger partial charge in [-0.25, -0.2) is 4.98 Å². The van der Waals surface area contributed by atoms with Crippen LogP contribution >= 0.6 is 0 Å². The first kappa shape index (κ1) is 12.7. The lowest BCUT2D eigenvalue weighted by Gasteiger charge is -2.41. The predicted molar refractivity (Wildman–Crippen MR) is 66.0 cm³/mol. The van der Waals surface area contributed by atoms with Crippen LogP contribution in [-0.4, -0.2) is 47.8 Å². The molecule has 2 fully saturated rings. The maximum atomic E-state index is 12.6. The van der Waals surface area contributed by atoms with E-state index in [2.05, 4.69) is 9.88 Å². The summed E-state index contributed by atoms with van der Waals surface area (Å²) in [6, 6.07) is 5.67. The zero-order valence-electron chi connectivity index (χ0n) is 10.5. The summed E-state index contributed by atoms with van der Waals surface area (Å²) >= 11 is 0. The van der Waals surface area contributed by atoms with Crippen molar-refractivity contribution < 1.29 is 13.2 Å². The lowest BCUT2D eigenvalue weighted by molar-refractivity contribution is -0.153. The fourth-order valence-electron chi connectivity index (χ4n) is 3.18. The van der Waals surface area contributed by atoms with E-state index in [1.54, 1.807) is 11.1 Å². The molecule has 2 unspecified atom stereocenters. The molecule has 0 aromatic carbocycles. The molecule has 2 saturated heterocycles. The molecule has 2 bridgehead atoms. The van der Waals surface area contributed by atoms with Gasteiger partial charge in [-0.15, -0.1) is 0 Å². The summed E-state index contributed by atoms with van der Waals surface area (Å²) in [6.07, 6.45) is -0.679. The molecule has 2 aliphatic heterocycles. The topological polar surface area (TPSA) is 19.4 Å². The van der Waals surface area contributed by atoms with Crippen molar-refractivity contribution in [3.63, 3.8) is 0 Å². The zero-order chi connectivity index (χ0) is 13.5. The van der Waals surface area contributed by atoms with Crippen LogP contribution in [0.5, 0.6) is 0 Å². The number of halogens is 3. The molecule has 1 aromatic heterocycles. The van der Waals surface area contributed by atoms with Crippen LogP contribution in [0.2, 0.25) is 0 Å². The van der Waals surface area contributed by atoms with E-state index in [9.17, 15) is 13.2 Å². The van der Waals surface area contributed by atoms with Gasteiger partial charge in [0.15, 0.2) is 0 Å². The summed E-state index contributed by atoms with van der Waals surface area (Å²) in [5.41, 5.74) is 0. The number of rotatable bonds is 2. The standard InChI is InChI=1S/C13H16F3N3/c14-13(15,16)9-19-10-4-5-11(19)8-18(7-10)12-3-1-2-6-17-12/h1-3,6,10-11H,4-5,7-9H2.